The fourth-order valence-corrected chi connectivity index (χ4v) is 3.29. The van der Waals surface area contributed by atoms with Gasteiger partial charge in [-0.05, 0) is 19.4 Å². The first kappa shape index (κ1) is 15.7. The van der Waals surface area contributed by atoms with Gasteiger partial charge in [0, 0.05) is 16.5 Å². The van der Waals surface area contributed by atoms with Crippen LogP contribution in [-0.2, 0) is 6.42 Å². The van der Waals surface area contributed by atoms with E-state index in [1.54, 1.807) is 22.8 Å². The summed E-state index contributed by atoms with van der Waals surface area (Å²) in [6.45, 7) is 3.83. The van der Waals surface area contributed by atoms with E-state index < -0.39 is 0 Å². The number of hydrogen-bond acceptors (Lipinski definition) is 5. The normalized spacial score (nSPS) is 11.6. The summed E-state index contributed by atoms with van der Waals surface area (Å²) < 4.78 is 0. The maximum Gasteiger partial charge on any atom is 0.252 e. The molecule has 4 nitrogen and oxygen atoms in total. The Balaban J connectivity index is 2.01. The highest BCUT2D eigenvalue weighted by molar-refractivity contribution is 7.11. The Labute approximate surface area is 131 Å². The van der Waals surface area contributed by atoms with Gasteiger partial charge in [0.15, 0.2) is 0 Å². The maximum absolute atomic E-state index is 12.2. The number of nitrogens with one attached hydrogen (secondary N) is 1. The Hall–Kier alpha value is -1.68. The second kappa shape index (κ2) is 7.36. The fourth-order valence-electron chi connectivity index (χ4n) is 1.68. The predicted molar refractivity (Wildman–Crippen MR) is 85.7 cm³/mol. The lowest BCUT2D eigenvalue weighted by Gasteiger charge is -2.10. The van der Waals surface area contributed by atoms with Gasteiger partial charge in [0.25, 0.3) is 5.91 Å². The average molecular weight is 320 g/mol. The molecular weight excluding hydrogens is 304 g/mol. The van der Waals surface area contributed by atoms with Gasteiger partial charge in [-0.3, -0.25) is 4.79 Å². The van der Waals surface area contributed by atoms with E-state index in [0.29, 0.717) is 5.56 Å². The minimum absolute atomic E-state index is 0.116. The van der Waals surface area contributed by atoms with Crippen molar-refractivity contribution < 1.29 is 9.90 Å². The van der Waals surface area contributed by atoms with E-state index in [-0.39, 0.29) is 18.6 Å². The number of rotatable bonds is 4. The zero-order valence-electron chi connectivity index (χ0n) is 11.8. The van der Waals surface area contributed by atoms with E-state index in [2.05, 4.69) is 29.1 Å². The topological polar surface area (TPSA) is 62.2 Å². The number of aliphatic hydroxyl groups is 1. The quantitative estimate of drug-likeness (QED) is 0.851. The van der Waals surface area contributed by atoms with Crippen LogP contribution in [0, 0.1) is 11.8 Å². The minimum atomic E-state index is -0.180. The Morgan fingerprint density at radius 2 is 2.38 bits per heavy atom. The highest BCUT2D eigenvalue weighted by Crippen LogP contribution is 2.21. The molecule has 2 aromatic rings. The van der Waals surface area contributed by atoms with Crippen LogP contribution in [0.4, 0.5) is 0 Å². The molecule has 0 fully saturated rings. The molecule has 0 saturated carbocycles. The van der Waals surface area contributed by atoms with Gasteiger partial charge < -0.3 is 10.4 Å². The lowest BCUT2D eigenvalue weighted by atomic mass is 10.2. The minimum Gasteiger partial charge on any atom is -0.384 e. The first-order valence-corrected chi connectivity index (χ1v) is 8.27. The number of amides is 1. The summed E-state index contributed by atoms with van der Waals surface area (Å²) in [6.07, 6.45) is 2.81. The van der Waals surface area contributed by atoms with Crippen LogP contribution in [-0.4, -0.2) is 22.6 Å². The second-order valence-electron chi connectivity index (χ2n) is 4.37. The molecule has 0 radical (unpaired) electrons. The zero-order valence-corrected chi connectivity index (χ0v) is 13.5. The summed E-state index contributed by atoms with van der Waals surface area (Å²) in [4.78, 5) is 18.5. The number of thiophene rings is 1. The largest absolute Gasteiger partial charge is 0.384 e. The molecule has 2 rings (SSSR count). The van der Waals surface area contributed by atoms with Gasteiger partial charge in [0.2, 0.25) is 0 Å². The molecule has 21 heavy (non-hydrogen) atoms. The molecule has 0 aliphatic heterocycles. The monoisotopic (exact) mass is 320 g/mol. The van der Waals surface area contributed by atoms with Crippen LogP contribution in [0.3, 0.4) is 0 Å². The van der Waals surface area contributed by atoms with Crippen molar-refractivity contribution in [3.8, 4) is 11.8 Å². The van der Waals surface area contributed by atoms with Crippen LogP contribution in [0.2, 0.25) is 0 Å². The number of thiazole rings is 1. The molecule has 2 aromatic heterocycles. The summed E-state index contributed by atoms with van der Waals surface area (Å²) in [6, 6.07) is 1.61. The lowest BCUT2D eigenvalue weighted by molar-refractivity contribution is 0.0940. The Morgan fingerprint density at radius 3 is 3.05 bits per heavy atom. The predicted octanol–water partition coefficient (Wildman–Crippen LogP) is 2.60. The highest BCUT2D eigenvalue weighted by Gasteiger charge is 2.15. The maximum atomic E-state index is 12.2. The molecule has 2 heterocycles. The Morgan fingerprint density at radius 1 is 1.57 bits per heavy atom. The van der Waals surface area contributed by atoms with Crippen molar-refractivity contribution in [3.05, 3.63) is 38.0 Å². The van der Waals surface area contributed by atoms with Crippen LogP contribution in [0.15, 0.2) is 17.6 Å². The van der Waals surface area contributed by atoms with Crippen LogP contribution in [0.25, 0.3) is 0 Å². The molecule has 1 unspecified atom stereocenters. The zero-order chi connectivity index (χ0) is 15.2. The lowest BCUT2D eigenvalue weighted by Crippen LogP contribution is -2.26. The van der Waals surface area contributed by atoms with Crippen molar-refractivity contribution in [3.63, 3.8) is 0 Å². The summed E-state index contributed by atoms with van der Waals surface area (Å²) in [5.74, 6) is 5.23. The third kappa shape index (κ3) is 4.14. The first-order valence-electron chi connectivity index (χ1n) is 6.57. The van der Waals surface area contributed by atoms with Crippen LogP contribution in [0.1, 0.15) is 45.0 Å². The van der Waals surface area contributed by atoms with E-state index in [1.165, 1.54) is 16.2 Å². The van der Waals surface area contributed by atoms with Crippen molar-refractivity contribution >= 4 is 28.6 Å². The van der Waals surface area contributed by atoms with Gasteiger partial charge in [-0.1, -0.05) is 18.8 Å². The van der Waals surface area contributed by atoms with Crippen molar-refractivity contribution in [2.24, 2.45) is 0 Å². The Bertz CT molecular complexity index is 679. The number of aliphatic hydroxyl groups excluding tert-OH is 1. The molecule has 0 aromatic carbocycles. The third-order valence-corrected chi connectivity index (χ3v) is 4.96. The molecule has 0 saturated heterocycles. The molecule has 6 heteroatoms. The van der Waals surface area contributed by atoms with Crippen LogP contribution >= 0.6 is 22.7 Å². The van der Waals surface area contributed by atoms with Crippen molar-refractivity contribution in [1.82, 2.24) is 10.3 Å². The SMILES string of the molecule is CCc1cnc(C(C)NC(=O)c2csc(C#CCO)c2)s1. The number of carbonyl (C=O) groups is 1. The average Bonchev–Trinajstić information content (AvgIpc) is 3.14. The molecule has 0 aliphatic carbocycles. The summed E-state index contributed by atoms with van der Waals surface area (Å²) in [5, 5.41) is 14.3. The van der Waals surface area contributed by atoms with Crippen molar-refractivity contribution in [2.75, 3.05) is 6.61 Å². The van der Waals surface area contributed by atoms with Gasteiger partial charge in [-0.2, -0.15) is 0 Å². The number of nitrogens with zero attached hydrogens (tertiary/aromatic N) is 1. The number of hydrogen-bond donors (Lipinski definition) is 2. The van der Waals surface area contributed by atoms with E-state index in [9.17, 15) is 4.79 Å². The molecule has 1 atom stereocenters. The second-order valence-corrected chi connectivity index (χ2v) is 6.43. The molecule has 0 spiro atoms. The van der Waals surface area contributed by atoms with Gasteiger partial charge >= 0.3 is 0 Å². The van der Waals surface area contributed by atoms with Crippen LogP contribution in [0.5, 0.6) is 0 Å². The third-order valence-electron chi connectivity index (χ3n) is 2.79. The van der Waals surface area contributed by atoms with Crippen LogP contribution < -0.4 is 5.32 Å². The molecule has 110 valence electrons. The smallest absolute Gasteiger partial charge is 0.252 e. The summed E-state index contributed by atoms with van der Waals surface area (Å²) >= 11 is 3.01. The molecule has 1 amide bonds. The van der Waals surface area contributed by atoms with Gasteiger partial charge in [-0.15, -0.1) is 22.7 Å². The standard InChI is InChI=1S/C15H16N2O2S2/c1-3-12-8-16-15(21-12)10(2)17-14(19)11-7-13(20-9-11)5-4-6-18/h7-10,18H,3,6H2,1-2H3,(H,17,19). The Kier molecular flexibility index (Phi) is 5.51. The molecular formula is C15H16N2O2S2. The molecule has 0 bridgehead atoms. The highest BCUT2D eigenvalue weighted by atomic mass is 32.1. The summed E-state index contributed by atoms with van der Waals surface area (Å²) in [7, 11) is 0. The number of aromatic nitrogens is 1. The van der Waals surface area contributed by atoms with E-state index in [1.807, 2.05) is 13.1 Å². The van der Waals surface area contributed by atoms with E-state index >= 15 is 0 Å². The van der Waals surface area contributed by atoms with E-state index in [0.717, 1.165) is 16.3 Å². The number of aryl methyl sites for hydroxylation is 1. The molecule has 0 aliphatic rings. The van der Waals surface area contributed by atoms with Crippen molar-refractivity contribution in [1.29, 1.82) is 0 Å². The van der Waals surface area contributed by atoms with Gasteiger partial charge in [0.1, 0.15) is 11.6 Å². The van der Waals surface area contributed by atoms with Gasteiger partial charge in [-0.25, -0.2) is 4.98 Å². The fraction of sp³-hybridized carbons (Fsp3) is 0.333. The number of carbonyl (C=O) groups excluding carboxylic acids is 1. The van der Waals surface area contributed by atoms with E-state index in [4.69, 9.17) is 5.11 Å². The van der Waals surface area contributed by atoms with Gasteiger partial charge in [0.05, 0.1) is 16.5 Å². The summed E-state index contributed by atoms with van der Waals surface area (Å²) in [5.41, 5.74) is 0.585. The molecule has 2 N–H and O–H groups in total. The van der Waals surface area contributed by atoms with Crippen molar-refractivity contribution in [2.45, 2.75) is 26.3 Å². The first-order chi connectivity index (χ1) is 10.1.